The fourth-order valence-electron chi connectivity index (χ4n) is 1.52. The zero-order chi connectivity index (χ0) is 11.5. The molecule has 0 saturated carbocycles. The van der Waals surface area contributed by atoms with Crippen LogP contribution in [0, 0.1) is 11.3 Å². The van der Waals surface area contributed by atoms with E-state index in [1.807, 2.05) is 6.07 Å². The predicted octanol–water partition coefficient (Wildman–Crippen LogP) is 1.77. The van der Waals surface area contributed by atoms with Gasteiger partial charge in [0, 0.05) is 18.8 Å². The summed E-state index contributed by atoms with van der Waals surface area (Å²) in [6.45, 7) is 0. The van der Waals surface area contributed by atoms with Gasteiger partial charge in [0.2, 0.25) is 0 Å². The number of nitrogens with zero attached hydrogens (tertiary/aromatic N) is 3. The molecule has 0 fully saturated rings. The molecule has 4 heteroatoms. The number of aromatic nitrogens is 2. The van der Waals surface area contributed by atoms with Crippen molar-refractivity contribution in [3.63, 3.8) is 0 Å². The second-order valence-corrected chi connectivity index (χ2v) is 3.41. The Labute approximate surface area is 92.7 Å². The second-order valence-electron chi connectivity index (χ2n) is 3.41. The van der Waals surface area contributed by atoms with Crippen LogP contribution >= 0.6 is 0 Å². The van der Waals surface area contributed by atoms with Gasteiger partial charge in [-0.2, -0.15) is 10.4 Å². The third kappa shape index (κ3) is 1.71. The monoisotopic (exact) mass is 211 g/mol. The maximum atomic E-state index is 10.8. The molecule has 0 aliphatic rings. The Morgan fingerprint density at radius 3 is 2.62 bits per heavy atom. The summed E-state index contributed by atoms with van der Waals surface area (Å²) in [6, 6.07) is 9.03. The summed E-state index contributed by atoms with van der Waals surface area (Å²) in [6.07, 6.45) is 2.45. The fourth-order valence-corrected chi connectivity index (χ4v) is 1.52. The molecule has 2 aromatic rings. The van der Waals surface area contributed by atoms with Crippen LogP contribution in [0.5, 0.6) is 0 Å². The molecule has 0 aliphatic heterocycles. The zero-order valence-electron chi connectivity index (χ0n) is 8.71. The highest BCUT2D eigenvalue weighted by Gasteiger charge is 2.08. The molecule has 1 aromatic carbocycles. The second kappa shape index (κ2) is 3.99. The third-order valence-electron chi connectivity index (χ3n) is 2.27. The van der Waals surface area contributed by atoms with Crippen LogP contribution in [0.4, 0.5) is 0 Å². The first-order chi connectivity index (χ1) is 7.74. The number of hydrogen-bond donors (Lipinski definition) is 0. The van der Waals surface area contributed by atoms with Crippen molar-refractivity contribution in [1.29, 1.82) is 5.26 Å². The molecular weight excluding hydrogens is 202 g/mol. The normalized spacial score (nSPS) is 9.75. The summed E-state index contributed by atoms with van der Waals surface area (Å²) >= 11 is 0. The van der Waals surface area contributed by atoms with Crippen molar-refractivity contribution in [3.8, 4) is 17.3 Å². The molecular formula is C12H9N3O. The Balaban J connectivity index is 2.50. The average molecular weight is 211 g/mol. The first kappa shape index (κ1) is 10.1. The van der Waals surface area contributed by atoms with Gasteiger partial charge in [0.25, 0.3) is 0 Å². The van der Waals surface area contributed by atoms with Crippen LogP contribution in [0.2, 0.25) is 0 Å². The lowest BCUT2D eigenvalue weighted by Crippen LogP contribution is -1.88. The maximum absolute atomic E-state index is 10.8. The lowest BCUT2D eigenvalue weighted by Gasteiger charge is -1.97. The van der Waals surface area contributed by atoms with E-state index in [2.05, 4.69) is 5.10 Å². The standard InChI is InChI=1S/C12H9N3O/c1-15-7-11(8-16)12(14-15)10-4-2-9(6-13)3-5-10/h2-5,7-8H,1H3. The van der Waals surface area contributed by atoms with E-state index in [1.165, 1.54) is 0 Å². The van der Waals surface area contributed by atoms with Crippen molar-refractivity contribution < 1.29 is 4.79 Å². The molecule has 1 aromatic heterocycles. The number of rotatable bonds is 2. The SMILES string of the molecule is Cn1cc(C=O)c(-c2ccc(C#N)cc2)n1. The predicted molar refractivity (Wildman–Crippen MR) is 58.7 cm³/mol. The molecule has 0 unspecified atom stereocenters. The molecule has 0 saturated heterocycles. The van der Waals surface area contributed by atoms with E-state index < -0.39 is 0 Å². The quantitative estimate of drug-likeness (QED) is 0.711. The maximum Gasteiger partial charge on any atom is 0.153 e. The smallest absolute Gasteiger partial charge is 0.153 e. The summed E-state index contributed by atoms with van der Waals surface area (Å²) in [5.41, 5.74) is 2.61. The van der Waals surface area contributed by atoms with Crippen LogP contribution in [-0.4, -0.2) is 16.1 Å². The summed E-state index contributed by atoms with van der Waals surface area (Å²) in [5.74, 6) is 0. The molecule has 16 heavy (non-hydrogen) atoms. The van der Waals surface area contributed by atoms with Gasteiger partial charge in [0.1, 0.15) is 5.69 Å². The minimum atomic E-state index is 0.548. The first-order valence-corrected chi connectivity index (χ1v) is 4.74. The van der Waals surface area contributed by atoms with Crippen molar-refractivity contribution >= 4 is 6.29 Å². The fraction of sp³-hybridized carbons (Fsp3) is 0.0833. The van der Waals surface area contributed by atoms with E-state index in [0.29, 0.717) is 16.8 Å². The van der Waals surface area contributed by atoms with Gasteiger partial charge >= 0.3 is 0 Å². The molecule has 0 atom stereocenters. The Morgan fingerprint density at radius 2 is 2.06 bits per heavy atom. The lowest BCUT2D eigenvalue weighted by atomic mass is 10.1. The van der Waals surface area contributed by atoms with Gasteiger partial charge in [-0.15, -0.1) is 0 Å². The van der Waals surface area contributed by atoms with Gasteiger partial charge < -0.3 is 0 Å². The van der Waals surface area contributed by atoms with Crippen molar-refractivity contribution in [1.82, 2.24) is 9.78 Å². The molecule has 4 nitrogen and oxygen atoms in total. The van der Waals surface area contributed by atoms with Gasteiger partial charge in [0.05, 0.1) is 17.2 Å². The van der Waals surface area contributed by atoms with Crippen LogP contribution in [0.3, 0.4) is 0 Å². The molecule has 0 spiro atoms. The highest BCUT2D eigenvalue weighted by molar-refractivity contribution is 5.85. The van der Waals surface area contributed by atoms with Gasteiger partial charge in [-0.3, -0.25) is 9.48 Å². The Hall–Kier alpha value is -2.41. The minimum absolute atomic E-state index is 0.548. The molecule has 78 valence electrons. The van der Waals surface area contributed by atoms with E-state index in [-0.39, 0.29) is 0 Å². The van der Waals surface area contributed by atoms with E-state index in [1.54, 1.807) is 42.2 Å². The number of benzene rings is 1. The van der Waals surface area contributed by atoms with Gasteiger partial charge in [0.15, 0.2) is 6.29 Å². The number of aldehydes is 1. The Bertz CT molecular complexity index is 561. The highest BCUT2D eigenvalue weighted by atomic mass is 16.1. The summed E-state index contributed by atoms with van der Waals surface area (Å²) < 4.78 is 1.59. The molecule has 0 radical (unpaired) electrons. The summed E-state index contributed by atoms with van der Waals surface area (Å²) in [4.78, 5) is 10.8. The first-order valence-electron chi connectivity index (χ1n) is 4.74. The van der Waals surface area contributed by atoms with Crippen molar-refractivity contribution in [2.24, 2.45) is 7.05 Å². The lowest BCUT2D eigenvalue weighted by molar-refractivity contribution is 0.112. The van der Waals surface area contributed by atoms with Gasteiger partial charge in [-0.05, 0) is 12.1 Å². The molecule has 0 N–H and O–H groups in total. The van der Waals surface area contributed by atoms with E-state index in [9.17, 15) is 4.79 Å². The topological polar surface area (TPSA) is 58.7 Å². The van der Waals surface area contributed by atoms with Crippen molar-refractivity contribution in [2.75, 3.05) is 0 Å². The highest BCUT2D eigenvalue weighted by Crippen LogP contribution is 2.20. The van der Waals surface area contributed by atoms with Gasteiger partial charge in [-0.1, -0.05) is 12.1 Å². The molecule has 1 heterocycles. The minimum Gasteiger partial charge on any atom is -0.298 e. The summed E-state index contributed by atoms with van der Waals surface area (Å²) in [5, 5.41) is 12.9. The van der Waals surface area contributed by atoms with Crippen LogP contribution in [0.15, 0.2) is 30.5 Å². The van der Waals surface area contributed by atoms with Crippen LogP contribution < -0.4 is 0 Å². The van der Waals surface area contributed by atoms with Crippen LogP contribution in [0.1, 0.15) is 15.9 Å². The molecule has 2 rings (SSSR count). The number of nitriles is 1. The van der Waals surface area contributed by atoms with E-state index in [0.717, 1.165) is 11.8 Å². The molecule has 0 aliphatic carbocycles. The average Bonchev–Trinajstić information content (AvgIpc) is 2.70. The Kier molecular flexibility index (Phi) is 2.52. The van der Waals surface area contributed by atoms with Crippen molar-refractivity contribution in [3.05, 3.63) is 41.6 Å². The zero-order valence-corrected chi connectivity index (χ0v) is 8.71. The summed E-state index contributed by atoms with van der Waals surface area (Å²) in [7, 11) is 1.76. The van der Waals surface area contributed by atoms with E-state index in [4.69, 9.17) is 5.26 Å². The third-order valence-corrected chi connectivity index (χ3v) is 2.27. The number of carbonyl (C=O) groups is 1. The van der Waals surface area contributed by atoms with Crippen LogP contribution in [0.25, 0.3) is 11.3 Å². The van der Waals surface area contributed by atoms with Gasteiger partial charge in [-0.25, -0.2) is 0 Å². The van der Waals surface area contributed by atoms with Crippen molar-refractivity contribution in [2.45, 2.75) is 0 Å². The Morgan fingerprint density at radius 1 is 1.38 bits per heavy atom. The number of carbonyl (C=O) groups excluding carboxylic acids is 1. The molecule has 0 amide bonds. The van der Waals surface area contributed by atoms with E-state index >= 15 is 0 Å². The number of hydrogen-bond acceptors (Lipinski definition) is 3. The molecule has 0 bridgehead atoms. The number of aryl methyl sites for hydroxylation is 1. The largest absolute Gasteiger partial charge is 0.298 e. The van der Waals surface area contributed by atoms with Crippen LogP contribution in [-0.2, 0) is 7.05 Å².